The summed E-state index contributed by atoms with van der Waals surface area (Å²) in [5, 5.41) is 0.379. The number of carbonyl (C=O) groups excluding carboxylic acids is 1. The average Bonchev–Trinajstić information content (AvgIpc) is 2.61. The Labute approximate surface area is 156 Å². The molecule has 0 saturated carbocycles. The number of esters is 1. The van der Waals surface area contributed by atoms with Gasteiger partial charge in [0.2, 0.25) is 0 Å². The van der Waals surface area contributed by atoms with Gasteiger partial charge in [-0.25, -0.2) is 13.2 Å². The lowest BCUT2D eigenvalue weighted by Crippen LogP contribution is -2.36. The van der Waals surface area contributed by atoms with Crippen molar-refractivity contribution in [2.75, 3.05) is 18.0 Å². The van der Waals surface area contributed by atoms with Crippen molar-refractivity contribution in [2.45, 2.75) is 17.7 Å². The quantitative estimate of drug-likeness (QED) is 0.733. The number of anilines is 1. The molecule has 0 atom stereocenters. The van der Waals surface area contributed by atoms with Crippen LogP contribution >= 0.6 is 23.2 Å². The molecule has 132 valence electrons. The fourth-order valence-electron chi connectivity index (χ4n) is 2.94. The van der Waals surface area contributed by atoms with Crippen molar-refractivity contribution in [3.8, 4) is 0 Å². The Morgan fingerprint density at radius 3 is 2.68 bits per heavy atom. The summed E-state index contributed by atoms with van der Waals surface area (Å²) in [5.41, 5.74) is 1.49. The Bertz CT molecular complexity index is 944. The molecule has 0 aliphatic carbocycles. The zero-order valence-electron chi connectivity index (χ0n) is 13.3. The van der Waals surface area contributed by atoms with Gasteiger partial charge < -0.3 is 4.74 Å². The maximum Gasteiger partial charge on any atom is 0.338 e. The minimum atomic E-state index is -3.91. The SMILES string of the molecule is COC(=O)c1cccc2c1CCCN2S(=O)(=O)c1cc(Cl)ccc1Cl. The second kappa shape index (κ2) is 6.86. The highest BCUT2D eigenvalue weighted by atomic mass is 35.5. The Balaban J connectivity index is 2.15. The summed E-state index contributed by atoms with van der Waals surface area (Å²) in [6, 6.07) is 9.26. The minimum absolute atomic E-state index is 0.0574. The third-order valence-corrected chi connectivity index (χ3v) is 6.60. The molecule has 0 spiro atoms. The van der Waals surface area contributed by atoms with Crippen molar-refractivity contribution < 1.29 is 17.9 Å². The molecule has 0 N–H and O–H groups in total. The number of rotatable bonds is 3. The molecule has 5 nitrogen and oxygen atoms in total. The molecule has 0 unspecified atom stereocenters. The summed E-state index contributed by atoms with van der Waals surface area (Å²) in [6.07, 6.45) is 1.17. The molecule has 25 heavy (non-hydrogen) atoms. The molecule has 1 aliphatic rings. The standard InChI is InChI=1S/C17H15Cl2NO4S/c1-24-17(21)13-4-2-6-15-12(13)5-3-9-20(15)25(22,23)16-10-11(18)7-8-14(16)19/h2,4,6-8,10H,3,5,9H2,1H3. The summed E-state index contributed by atoms with van der Waals surface area (Å²) in [7, 11) is -2.62. The number of fused-ring (bicyclic) bond motifs is 1. The van der Waals surface area contributed by atoms with Crippen LogP contribution in [0.5, 0.6) is 0 Å². The van der Waals surface area contributed by atoms with Gasteiger partial charge in [0.25, 0.3) is 10.0 Å². The molecule has 0 saturated heterocycles. The number of hydrogen-bond acceptors (Lipinski definition) is 4. The fraction of sp³-hybridized carbons (Fsp3) is 0.235. The number of methoxy groups -OCH3 is 1. The van der Waals surface area contributed by atoms with Gasteiger partial charge in [0.05, 0.1) is 23.4 Å². The molecule has 0 amide bonds. The minimum Gasteiger partial charge on any atom is -0.465 e. The Morgan fingerprint density at radius 2 is 1.96 bits per heavy atom. The van der Waals surface area contributed by atoms with Crippen LogP contribution in [0.25, 0.3) is 0 Å². The Morgan fingerprint density at radius 1 is 1.20 bits per heavy atom. The largest absolute Gasteiger partial charge is 0.465 e. The highest BCUT2D eigenvalue weighted by Gasteiger charge is 2.32. The second-order valence-corrected chi connectivity index (χ2v) is 8.22. The first kappa shape index (κ1) is 18.0. The van der Waals surface area contributed by atoms with Crippen LogP contribution in [0.2, 0.25) is 10.0 Å². The molecule has 0 radical (unpaired) electrons. The van der Waals surface area contributed by atoms with Crippen LogP contribution < -0.4 is 4.31 Å². The predicted molar refractivity (Wildman–Crippen MR) is 97.1 cm³/mol. The third-order valence-electron chi connectivity index (χ3n) is 4.07. The van der Waals surface area contributed by atoms with Crippen LogP contribution in [-0.2, 0) is 21.2 Å². The van der Waals surface area contributed by atoms with Crippen LogP contribution in [0.4, 0.5) is 5.69 Å². The average molecular weight is 400 g/mol. The van der Waals surface area contributed by atoms with Crippen molar-refractivity contribution in [1.29, 1.82) is 0 Å². The molecule has 3 rings (SSSR count). The summed E-state index contributed by atoms with van der Waals surface area (Å²) >= 11 is 12.0. The van der Waals surface area contributed by atoms with E-state index in [2.05, 4.69) is 0 Å². The van der Waals surface area contributed by atoms with Crippen molar-refractivity contribution in [3.05, 3.63) is 57.6 Å². The lowest BCUT2D eigenvalue weighted by molar-refractivity contribution is 0.0599. The first-order valence-electron chi connectivity index (χ1n) is 7.54. The van der Waals surface area contributed by atoms with Crippen molar-refractivity contribution in [2.24, 2.45) is 0 Å². The van der Waals surface area contributed by atoms with Crippen LogP contribution in [-0.4, -0.2) is 28.0 Å². The van der Waals surface area contributed by atoms with E-state index in [1.165, 1.54) is 29.6 Å². The van der Waals surface area contributed by atoms with Gasteiger partial charge in [0.15, 0.2) is 0 Å². The molecule has 1 heterocycles. The molecule has 0 bridgehead atoms. The Kier molecular flexibility index (Phi) is 4.95. The smallest absolute Gasteiger partial charge is 0.338 e. The molecular weight excluding hydrogens is 385 g/mol. The van der Waals surface area contributed by atoms with Gasteiger partial charge in [0, 0.05) is 11.6 Å². The second-order valence-electron chi connectivity index (χ2n) is 5.55. The third kappa shape index (κ3) is 3.21. The van der Waals surface area contributed by atoms with E-state index in [9.17, 15) is 13.2 Å². The summed E-state index contributed by atoms with van der Waals surface area (Å²) in [4.78, 5) is 11.9. The highest BCUT2D eigenvalue weighted by Crippen LogP contribution is 2.36. The number of hydrogen-bond donors (Lipinski definition) is 0. The van der Waals surface area contributed by atoms with Crippen LogP contribution in [0, 0.1) is 0 Å². The lowest BCUT2D eigenvalue weighted by atomic mass is 9.98. The van der Waals surface area contributed by atoms with Crippen LogP contribution in [0.15, 0.2) is 41.3 Å². The van der Waals surface area contributed by atoms with Gasteiger partial charge in [-0.1, -0.05) is 29.3 Å². The molecule has 2 aromatic carbocycles. The van der Waals surface area contributed by atoms with E-state index in [-0.39, 0.29) is 14.9 Å². The number of carbonyl (C=O) groups is 1. The molecular formula is C17H15Cl2NO4S. The van der Waals surface area contributed by atoms with Crippen molar-refractivity contribution in [3.63, 3.8) is 0 Å². The van der Waals surface area contributed by atoms with Gasteiger partial charge in [0.1, 0.15) is 4.90 Å². The number of sulfonamides is 1. The first-order chi connectivity index (χ1) is 11.9. The topological polar surface area (TPSA) is 63.7 Å². The maximum absolute atomic E-state index is 13.1. The van der Waals surface area contributed by atoms with E-state index >= 15 is 0 Å². The molecule has 0 fully saturated rings. The van der Waals surface area contributed by atoms with Crippen molar-refractivity contribution in [1.82, 2.24) is 0 Å². The summed E-state index contributed by atoms with van der Waals surface area (Å²) in [5.74, 6) is -0.489. The maximum atomic E-state index is 13.1. The van der Waals surface area contributed by atoms with Crippen LogP contribution in [0.3, 0.4) is 0 Å². The molecule has 2 aromatic rings. The monoisotopic (exact) mass is 399 g/mol. The fourth-order valence-corrected chi connectivity index (χ4v) is 5.21. The number of ether oxygens (including phenoxy) is 1. The first-order valence-corrected chi connectivity index (χ1v) is 9.74. The van der Waals surface area contributed by atoms with E-state index in [4.69, 9.17) is 27.9 Å². The normalized spacial score (nSPS) is 14.1. The van der Waals surface area contributed by atoms with Crippen molar-refractivity contribution >= 4 is 44.9 Å². The Hall–Kier alpha value is -1.76. The van der Waals surface area contributed by atoms with Crippen LogP contribution in [0.1, 0.15) is 22.3 Å². The zero-order chi connectivity index (χ0) is 18.2. The zero-order valence-corrected chi connectivity index (χ0v) is 15.7. The summed E-state index contributed by atoms with van der Waals surface area (Å²) < 4.78 is 32.4. The molecule has 8 heteroatoms. The van der Waals surface area contributed by atoms with Gasteiger partial charge >= 0.3 is 5.97 Å². The molecule has 0 aromatic heterocycles. The highest BCUT2D eigenvalue weighted by molar-refractivity contribution is 7.93. The van der Waals surface area contributed by atoms with Gasteiger partial charge in [-0.05, 0) is 48.7 Å². The number of nitrogens with zero attached hydrogens (tertiary/aromatic N) is 1. The lowest BCUT2D eigenvalue weighted by Gasteiger charge is -2.31. The van der Waals surface area contributed by atoms with E-state index in [0.717, 1.165) is 0 Å². The van der Waals surface area contributed by atoms with E-state index in [1.807, 2.05) is 0 Å². The number of benzene rings is 2. The van der Waals surface area contributed by atoms with Gasteiger partial charge in [-0.15, -0.1) is 0 Å². The van der Waals surface area contributed by atoms with E-state index in [0.29, 0.717) is 36.2 Å². The van der Waals surface area contributed by atoms with Gasteiger partial charge in [-0.3, -0.25) is 4.31 Å². The van der Waals surface area contributed by atoms with E-state index in [1.54, 1.807) is 18.2 Å². The predicted octanol–water partition coefficient (Wildman–Crippen LogP) is 3.92. The van der Waals surface area contributed by atoms with E-state index < -0.39 is 16.0 Å². The van der Waals surface area contributed by atoms with Gasteiger partial charge in [-0.2, -0.15) is 0 Å². The molecule has 1 aliphatic heterocycles. The summed E-state index contributed by atoms with van der Waals surface area (Å²) in [6.45, 7) is 0.294. The number of halogens is 2.